The summed E-state index contributed by atoms with van der Waals surface area (Å²) in [6.07, 6.45) is 1.40. The van der Waals surface area contributed by atoms with Crippen molar-refractivity contribution >= 4 is 17.4 Å². The number of nitrogens with zero attached hydrogens (tertiary/aromatic N) is 3. The maximum absolute atomic E-state index is 10.4. The zero-order valence-corrected chi connectivity index (χ0v) is 7.73. The molecule has 7 heteroatoms. The molecule has 0 bridgehead atoms. The normalized spacial score (nSPS) is 12.8. The number of aromatic nitrogens is 2. The van der Waals surface area contributed by atoms with Crippen LogP contribution in [0.3, 0.4) is 0 Å². The molecular weight excluding hydrogens is 196 g/mol. The lowest BCUT2D eigenvalue weighted by Crippen LogP contribution is -2.16. The standard InChI is InChI=1S/C6H9ClN4O2/c1-4(2-8)10-3-5(7)6(9-10)11(12)13/h3-4H,2,8H2,1H3. The molecule has 13 heavy (non-hydrogen) atoms. The third-order valence-corrected chi connectivity index (χ3v) is 1.90. The maximum atomic E-state index is 10.4. The fourth-order valence-electron chi connectivity index (χ4n) is 0.817. The second-order valence-electron chi connectivity index (χ2n) is 2.62. The van der Waals surface area contributed by atoms with Crippen LogP contribution in [-0.2, 0) is 0 Å². The molecule has 1 heterocycles. The highest BCUT2D eigenvalue weighted by Crippen LogP contribution is 2.22. The molecule has 2 N–H and O–H groups in total. The van der Waals surface area contributed by atoms with Crippen LogP contribution < -0.4 is 5.73 Å². The zero-order chi connectivity index (χ0) is 10.0. The zero-order valence-electron chi connectivity index (χ0n) is 6.98. The second kappa shape index (κ2) is 3.71. The molecule has 0 saturated carbocycles. The van der Waals surface area contributed by atoms with Gasteiger partial charge >= 0.3 is 5.82 Å². The molecule has 0 fully saturated rings. The Balaban J connectivity index is 3.01. The van der Waals surface area contributed by atoms with Gasteiger partial charge in [0.25, 0.3) is 0 Å². The van der Waals surface area contributed by atoms with Crippen LogP contribution in [0.15, 0.2) is 6.20 Å². The van der Waals surface area contributed by atoms with Gasteiger partial charge in [0.2, 0.25) is 0 Å². The quantitative estimate of drug-likeness (QED) is 0.587. The van der Waals surface area contributed by atoms with E-state index in [2.05, 4.69) is 5.10 Å². The minimum absolute atomic E-state index is 0.0327. The number of nitro groups is 1. The molecule has 1 unspecified atom stereocenters. The fourth-order valence-corrected chi connectivity index (χ4v) is 1.02. The molecule has 72 valence electrons. The van der Waals surface area contributed by atoms with Crippen LogP contribution in [-0.4, -0.2) is 21.2 Å². The topological polar surface area (TPSA) is 87.0 Å². The van der Waals surface area contributed by atoms with Gasteiger partial charge in [-0.15, -0.1) is 0 Å². The van der Waals surface area contributed by atoms with E-state index in [4.69, 9.17) is 17.3 Å². The van der Waals surface area contributed by atoms with Crippen molar-refractivity contribution in [1.82, 2.24) is 9.78 Å². The van der Waals surface area contributed by atoms with Gasteiger partial charge in [0.15, 0.2) is 5.02 Å². The predicted molar refractivity (Wildman–Crippen MR) is 47.7 cm³/mol. The lowest BCUT2D eigenvalue weighted by atomic mass is 10.3. The largest absolute Gasteiger partial charge is 0.408 e. The first kappa shape index (κ1) is 9.94. The van der Waals surface area contributed by atoms with Crippen LogP contribution in [0.4, 0.5) is 5.82 Å². The summed E-state index contributed by atoms with van der Waals surface area (Å²) in [5.74, 6) is -0.332. The van der Waals surface area contributed by atoms with Gasteiger partial charge in [0.1, 0.15) is 0 Å². The van der Waals surface area contributed by atoms with E-state index < -0.39 is 4.92 Å². The van der Waals surface area contributed by atoms with Crippen molar-refractivity contribution in [3.05, 3.63) is 21.3 Å². The Labute approximate surface area is 79.4 Å². The molecule has 0 aliphatic heterocycles. The summed E-state index contributed by atoms with van der Waals surface area (Å²) in [5, 5.41) is 14.1. The summed E-state index contributed by atoms with van der Waals surface area (Å²) < 4.78 is 1.39. The van der Waals surface area contributed by atoms with E-state index >= 15 is 0 Å². The van der Waals surface area contributed by atoms with Crippen LogP contribution >= 0.6 is 11.6 Å². The van der Waals surface area contributed by atoms with E-state index in [1.165, 1.54) is 10.9 Å². The lowest BCUT2D eigenvalue weighted by molar-refractivity contribution is -0.389. The first-order valence-corrected chi connectivity index (χ1v) is 4.03. The van der Waals surface area contributed by atoms with Crippen molar-refractivity contribution in [2.24, 2.45) is 5.73 Å². The molecule has 1 rings (SSSR count). The third kappa shape index (κ3) is 1.96. The number of nitrogens with two attached hydrogens (primary N) is 1. The van der Waals surface area contributed by atoms with Crippen molar-refractivity contribution in [3.8, 4) is 0 Å². The van der Waals surface area contributed by atoms with Crippen LogP contribution in [0.1, 0.15) is 13.0 Å². The van der Waals surface area contributed by atoms with E-state index in [-0.39, 0.29) is 16.9 Å². The Kier molecular flexibility index (Phi) is 2.84. The minimum Gasteiger partial charge on any atom is -0.358 e. The average Bonchev–Trinajstić information content (AvgIpc) is 2.46. The summed E-state index contributed by atoms with van der Waals surface area (Å²) in [5.41, 5.74) is 5.37. The molecule has 1 atom stereocenters. The average molecular weight is 205 g/mol. The van der Waals surface area contributed by atoms with Gasteiger partial charge in [-0.05, 0) is 11.8 Å². The molecule has 1 aromatic rings. The summed E-state index contributed by atoms with van der Waals surface area (Å²) in [6, 6.07) is -0.0915. The van der Waals surface area contributed by atoms with Gasteiger partial charge in [0.05, 0.1) is 17.3 Å². The van der Waals surface area contributed by atoms with E-state index in [1.807, 2.05) is 0 Å². The van der Waals surface area contributed by atoms with Crippen molar-refractivity contribution in [3.63, 3.8) is 0 Å². The summed E-state index contributed by atoms with van der Waals surface area (Å²) in [4.78, 5) is 9.74. The summed E-state index contributed by atoms with van der Waals surface area (Å²) in [6.45, 7) is 2.15. The fraction of sp³-hybridized carbons (Fsp3) is 0.500. The van der Waals surface area contributed by atoms with Crippen molar-refractivity contribution in [2.75, 3.05) is 6.54 Å². The molecule has 6 nitrogen and oxygen atoms in total. The molecule has 0 spiro atoms. The Morgan fingerprint density at radius 2 is 2.54 bits per heavy atom. The molecule has 0 saturated heterocycles. The predicted octanol–water partition coefficient (Wildman–Crippen LogP) is 0.964. The van der Waals surface area contributed by atoms with Crippen molar-refractivity contribution in [1.29, 1.82) is 0 Å². The highest BCUT2D eigenvalue weighted by atomic mass is 35.5. The molecule has 1 aromatic heterocycles. The van der Waals surface area contributed by atoms with Gasteiger partial charge in [-0.3, -0.25) is 0 Å². The Morgan fingerprint density at radius 3 is 2.92 bits per heavy atom. The first-order valence-electron chi connectivity index (χ1n) is 3.65. The molecule has 0 aromatic carbocycles. The summed E-state index contributed by atoms with van der Waals surface area (Å²) >= 11 is 5.58. The number of halogens is 1. The van der Waals surface area contributed by atoms with Crippen molar-refractivity contribution < 1.29 is 4.92 Å². The summed E-state index contributed by atoms with van der Waals surface area (Å²) in [7, 11) is 0. The van der Waals surface area contributed by atoms with Gasteiger partial charge in [0, 0.05) is 6.54 Å². The van der Waals surface area contributed by atoms with Gasteiger partial charge in [-0.1, -0.05) is 11.6 Å². The van der Waals surface area contributed by atoms with Gasteiger partial charge in [-0.25, -0.2) is 0 Å². The number of hydrogen-bond acceptors (Lipinski definition) is 4. The highest BCUT2D eigenvalue weighted by molar-refractivity contribution is 6.32. The molecule has 0 aliphatic carbocycles. The van der Waals surface area contributed by atoms with Gasteiger partial charge < -0.3 is 15.8 Å². The van der Waals surface area contributed by atoms with Crippen LogP contribution in [0, 0.1) is 10.1 Å². The minimum atomic E-state index is -0.623. The number of hydrogen-bond donors (Lipinski definition) is 1. The highest BCUT2D eigenvalue weighted by Gasteiger charge is 2.20. The molecule has 0 aliphatic rings. The number of rotatable bonds is 3. The van der Waals surface area contributed by atoms with E-state index in [0.29, 0.717) is 6.54 Å². The second-order valence-corrected chi connectivity index (χ2v) is 3.03. The molecular formula is C6H9ClN4O2. The van der Waals surface area contributed by atoms with E-state index in [1.54, 1.807) is 6.92 Å². The van der Waals surface area contributed by atoms with Crippen molar-refractivity contribution in [2.45, 2.75) is 13.0 Å². The lowest BCUT2D eigenvalue weighted by Gasteiger charge is -2.02. The van der Waals surface area contributed by atoms with Crippen LogP contribution in [0.5, 0.6) is 0 Å². The van der Waals surface area contributed by atoms with Crippen LogP contribution in [0.2, 0.25) is 5.02 Å². The van der Waals surface area contributed by atoms with Crippen LogP contribution in [0.25, 0.3) is 0 Å². The molecule has 0 radical (unpaired) electrons. The van der Waals surface area contributed by atoms with Gasteiger partial charge in [-0.2, -0.15) is 4.68 Å². The Morgan fingerprint density at radius 1 is 1.92 bits per heavy atom. The Bertz CT molecular complexity index is 324. The smallest absolute Gasteiger partial charge is 0.358 e. The Hall–Kier alpha value is -1.14. The first-order chi connectivity index (χ1) is 6.06. The monoisotopic (exact) mass is 204 g/mol. The van der Waals surface area contributed by atoms with E-state index in [9.17, 15) is 10.1 Å². The third-order valence-electron chi connectivity index (χ3n) is 1.64. The maximum Gasteiger partial charge on any atom is 0.408 e. The SMILES string of the molecule is CC(CN)n1cc(Cl)c([N+](=O)[O-])n1. The molecule has 0 amide bonds. The van der Waals surface area contributed by atoms with E-state index in [0.717, 1.165) is 0 Å².